The van der Waals surface area contributed by atoms with Crippen molar-refractivity contribution in [1.29, 1.82) is 10.8 Å². The minimum Gasteiger partial charge on any atom is -0.489 e. The van der Waals surface area contributed by atoms with Crippen LogP contribution in [0.3, 0.4) is 0 Å². The lowest BCUT2D eigenvalue weighted by Gasteiger charge is -2.19. The Hall–Kier alpha value is -3.77. The van der Waals surface area contributed by atoms with Gasteiger partial charge in [0.25, 0.3) is 0 Å². The zero-order valence-electron chi connectivity index (χ0n) is 18.5. The second-order valence-electron chi connectivity index (χ2n) is 8.11. The molecule has 4 aromatic rings. The third kappa shape index (κ3) is 4.60. The number of hydrogen-bond donors (Lipinski definition) is 2. The zero-order chi connectivity index (χ0) is 22.7. The van der Waals surface area contributed by atoms with Gasteiger partial charge in [-0.2, -0.15) is 0 Å². The van der Waals surface area contributed by atoms with Crippen LogP contribution in [0.4, 0.5) is 0 Å². The first kappa shape index (κ1) is 21.5. The molecule has 0 saturated carbocycles. The van der Waals surface area contributed by atoms with Crippen molar-refractivity contribution in [3.63, 3.8) is 0 Å². The Morgan fingerprint density at radius 2 is 1.78 bits per heavy atom. The summed E-state index contributed by atoms with van der Waals surface area (Å²) in [5, 5.41) is 18.1. The van der Waals surface area contributed by atoms with Gasteiger partial charge in [-0.15, -0.1) is 0 Å². The molecular formula is C26H27N5O. The van der Waals surface area contributed by atoms with Crippen LogP contribution in [0.2, 0.25) is 0 Å². The van der Waals surface area contributed by atoms with Crippen LogP contribution in [0.5, 0.6) is 5.75 Å². The summed E-state index contributed by atoms with van der Waals surface area (Å²) in [7, 11) is 4.06. The lowest BCUT2D eigenvalue weighted by molar-refractivity contribution is 0.177. The lowest BCUT2D eigenvalue weighted by atomic mass is 10.1. The molecule has 2 heterocycles. The van der Waals surface area contributed by atoms with Gasteiger partial charge in [0, 0.05) is 29.9 Å². The van der Waals surface area contributed by atoms with Crippen LogP contribution < -0.4 is 10.2 Å². The highest BCUT2D eigenvalue weighted by Gasteiger charge is 2.11. The van der Waals surface area contributed by atoms with Crippen LogP contribution in [0, 0.1) is 10.8 Å². The van der Waals surface area contributed by atoms with Gasteiger partial charge in [-0.1, -0.05) is 30.3 Å². The molecule has 32 heavy (non-hydrogen) atoms. The molecule has 0 saturated heterocycles. The standard InChI is InChI=1S/C26H27N5O/c1-18(17-30(2)3)32-21-10-8-19(9-11-21)20-13-15-31(25(27)16-20)26(28)23-12-14-29-24-7-5-4-6-22(23)24/h4-16,18,27-28H,17H2,1-3H3. The second kappa shape index (κ2) is 9.16. The molecule has 0 amide bonds. The van der Waals surface area contributed by atoms with E-state index in [1.165, 1.54) is 0 Å². The molecule has 2 N–H and O–H groups in total. The molecule has 0 spiro atoms. The molecule has 1 atom stereocenters. The van der Waals surface area contributed by atoms with Crippen molar-refractivity contribution in [2.24, 2.45) is 0 Å². The molecule has 162 valence electrons. The maximum Gasteiger partial charge on any atom is 0.138 e. The van der Waals surface area contributed by atoms with Crippen molar-refractivity contribution in [1.82, 2.24) is 14.5 Å². The Balaban J connectivity index is 1.57. The summed E-state index contributed by atoms with van der Waals surface area (Å²) in [6, 6.07) is 21.2. The number of para-hydroxylation sites is 1. The van der Waals surface area contributed by atoms with E-state index >= 15 is 0 Å². The Bertz CT molecular complexity index is 1300. The van der Waals surface area contributed by atoms with Crippen LogP contribution in [-0.2, 0) is 0 Å². The predicted molar refractivity (Wildman–Crippen MR) is 128 cm³/mol. The van der Waals surface area contributed by atoms with Crippen LogP contribution >= 0.6 is 0 Å². The van der Waals surface area contributed by atoms with Crippen LogP contribution in [-0.4, -0.2) is 47.0 Å². The van der Waals surface area contributed by atoms with E-state index in [0.29, 0.717) is 0 Å². The summed E-state index contributed by atoms with van der Waals surface area (Å²) in [5.74, 6) is 1.07. The summed E-state index contributed by atoms with van der Waals surface area (Å²) in [4.78, 5) is 6.47. The van der Waals surface area contributed by atoms with Gasteiger partial charge in [-0.3, -0.25) is 20.4 Å². The summed E-state index contributed by atoms with van der Waals surface area (Å²) in [5.41, 5.74) is 3.75. The van der Waals surface area contributed by atoms with Gasteiger partial charge < -0.3 is 9.64 Å². The number of likely N-dealkylation sites (N-methyl/N-ethyl adjacent to an activating group) is 1. The summed E-state index contributed by atoms with van der Waals surface area (Å²) < 4.78 is 7.53. The van der Waals surface area contributed by atoms with Crippen molar-refractivity contribution in [2.45, 2.75) is 13.0 Å². The van der Waals surface area contributed by atoms with E-state index in [-0.39, 0.29) is 17.4 Å². The van der Waals surface area contributed by atoms with E-state index in [1.807, 2.05) is 74.8 Å². The van der Waals surface area contributed by atoms with Gasteiger partial charge in [0.1, 0.15) is 23.2 Å². The quantitative estimate of drug-likeness (QED) is 0.355. The Kier molecular flexibility index (Phi) is 6.14. The molecule has 2 aromatic heterocycles. The SMILES string of the molecule is CC(CN(C)C)Oc1ccc(-c2ccn(C(=N)c3ccnc4ccccc34)c(=N)c2)cc1. The van der Waals surface area contributed by atoms with Gasteiger partial charge in [0.05, 0.1) is 5.52 Å². The fourth-order valence-electron chi connectivity index (χ4n) is 3.82. The molecule has 0 fully saturated rings. The molecule has 0 radical (unpaired) electrons. The van der Waals surface area contributed by atoms with Gasteiger partial charge in [0.2, 0.25) is 0 Å². The van der Waals surface area contributed by atoms with Gasteiger partial charge >= 0.3 is 0 Å². The van der Waals surface area contributed by atoms with E-state index in [9.17, 15) is 0 Å². The number of hydrogen-bond acceptors (Lipinski definition) is 5. The number of aromatic nitrogens is 2. The molecule has 0 aliphatic carbocycles. The third-order valence-corrected chi connectivity index (χ3v) is 5.25. The second-order valence-corrected chi connectivity index (χ2v) is 8.11. The van der Waals surface area contributed by atoms with E-state index in [1.54, 1.807) is 23.0 Å². The fourth-order valence-corrected chi connectivity index (χ4v) is 3.82. The number of nitrogens with zero attached hydrogens (tertiary/aromatic N) is 3. The largest absolute Gasteiger partial charge is 0.489 e. The topological polar surface area (TPSA) is 78.0 Å². The average Bonchev–Trinajstić information content (AvgIpc) is 2.78. The number of nitrogens with one attached hydrogen (secondary N) is 2. The fraction of sp³-hybridized carbons (Fsp3) is 0.192. The van der Waals surface area contributed by atoms with Gasteiger partial charge in [-0.25, -0.2) is 0 Å². The molecular weight excluding hydrogens is 398 g/mol. The first-order chi connectivity index (χ1) is 15.4. The lowest BCUT2D eigenvalue weighted by Crippen LogP contribution is -2.27. The van der Waals surface area contributed by atoms with Crippen LogP contribution in [0.15, 0.2) is 79.1 Å². The predicted octanol–water partition coefficient (Wildman–Crippen LogP) is 4.39. The normalized spacial score (nSPS) is 12.1. The van der Waals surface area contributed by atoms with Crippen molar-refractivity contribution < 1.29 is 4.74 Å². The molecule has 2 aromatic carbocycles. The first-order valence-electron chi connectivity index (χ1n) is 10.5. The highest BCUT2D eigenvalue weighted by molar-refractivity contribution is 6.08. The molecule has 0 bridgehead atoms. The van der Waals surface area contributed by atoms with E-state index in [0.717, 1.165) is 39.9 Å². The average molecular weight is 426 g/mol. The number of rotatable bonds is 6. The molecule has 6 nitrogen and oxygen atoms in total. The smallest absolute Gasteiger partial charge is 0.138 e. The Morgan fingerprint density at radius 1 is 1.03 bits per heavy atom. The van der Waals surface area contributed by atoms with Crippen molar-refractivity contribution in [2.75, 3.05) is 20.6 Å². The summed E-state index contributed by atoms with van der Waals surface area (Å²) in [6.07, 6.45) is 3.58. The molecule has 4 rings (SSSR count). The molecule has 1 unspecified atom stereocenters. The highest BCUT2D eigenvalue weighted by Crippen LogP contribution is 2.22. The first-order valence-corrected chi connectivity index (χ1v) is 10.5. The Morgan fingerprint density at radius 3 is 2.50 bits per heavy atom. The number of fused-ring (bicyclic) bond motifs is 1. The summed E-state index contributed by atoms with van der Waals surface area (Å²) in [6.45, 7) is 2.90. The molecule has 0 aliphatic rings. The van der Waals surface area contributed by atoms with Crippen LogP contribution in [0.1, 0.15) is 12.5 Å². The number of pyridine rings is 2. The Labute approximate surface area is 187 Å². The summed E-state index contributed by atoms with van der Waals surface area (Å²) >= 11 is 0. The van der Waals surface area contributed by atoms with E-state index < -0.39 is 0 Å². The van der Waals surface area contributed by atoms with Gasteiger partial charge in [-0.05, 0) is 68.5 Å². The minimum atomic E-state index is 0.0988. The van der Waals surface area contributed by atoms with Crippen LogP contribution in [0.25, 0.3) is 22.0 Å². The maximum atomic E-state index is 8.71. The van der Waals surface area contributed by atoms with Gasteiger partial charge in [0.15, 0.2) is 0 Å². The number of benzene rings is 2. The zero-order valence-corrected chi connectivity index (χ0v) is 18.5. The molecule has 6 heteroatoms. The minimum absolute atomic E-state index is 0.0988. The molecule has 0 aliphatic heterocycles. The van der Waals surface area contributed by atoms with Crippen molar-refractivity contribution >= 4 is 16.7 Å². The van der Waals surface area contributed by atoms with Crippen molar-refractivity contribution in [3.8, 4) is 16.9 Å². The maximum absolute atomic E-state index is 8.71. The third-order valence-electron chi connectivity index (χ3n) is 5.25. The number of ether oxygens (including phenoxy) is 1. The highest BCUT2D eigenvalue weighted by atomic mass is 16.5. The monoisotopic (exact) mass is 425 g/mol. The van der Waals surface area contributed by atoms with Crippen molar-refractivity contribution in [3.05, 3.63) is 90.2 Å². The van der Waals surface area contributed by atoms with E-state index in [4.69, 9.17) is 15.6 Å². The van der Waals surface area contributed by atoms with E-state index in [2.05, 4.69) is 16.8 Å².